The second-order valence-electron chi connectivity index (χ2n) is 10.7. The van der Waals surface area contributed by atoms with Gasteiger partial charge in [0.15, 0.2) is 0 Å². The Morgan fingerprint density at radius 2 is 1.42 bits per heavy atom. The van der Waals surface area contributed by atoms with Crippen LogP contribution in [0.25, 0.3) is 0 Å². The average molecular weight is 605 g/mol. The molecule has 232 valence electrons. The number of aryl methyl sites for hydroxylation is 2. The van der Waals surface area contributed by atoms with Crippen molar-refractivity contribution in [2.45, 2.75) is 48.1 Å². The Labute approximate surface area is 261 Å². The number of amides is 2. The second kappa shape index (κ2) is 17.7. The maximum atomic E-state index is 13.4. The molecule has 0 spiro atoms. The summed E-state index contributed by atoms with van der Waals surface area (Å²) in [5.74, 6) is -0.595. The van der Waals surface area contributed by atoms with Crippen LogP contribution in [0.4, 0.5) is 5.00 Å². The van der Waals surface area contributed by atoms with E-state index >= 15 is 0 Å². The molecule has 0 aliphatic rings. The van der Waals surface area contributed by atoms with Crippen molar-refractivity contribution < 1.29 is 9.59 Å². The van der Waals surface area contributed by atoms with E-state index in [1.807, 2.05) is 61.7 Å². The summed E-state index contributed by atoms with van der Waals surface area (Å²) in [6.45, 7) is 21.6. The molecule has 0 aliphatic carbocycles. The third-order valence-corrected chi connectivity index (χ3v) is 8.75. The number of hydrogen-bond acceptors (Lipinski definition) is 7. The summed E-state index contributed by atoms with van der Waals surface area (Å²) < 4.78 is 0. The van der Waals surface area contributed by atoms with Crippen molar-refractivity contribution in [1.82, 2.24) is 20.1 Å². The summed E-state index contributed by atoms with van der Waals surface area (Å²) in [6.07, 6.45) is 1.61. The molecule has 0 unspecified atom stereocenters. The number of carbonyl (C=O) groups excluding carboxylic acids is 2. The number of hydrazone groups is 1. The first-order valence-electron chi connectivity index (χ1n) is 15.3. The lowest BCUT2D eigenvalue weighted by Gasteiger charge is -2.29. The van der Waals surface area contributed by atoms with Gasteiger partial charge in [-0.15, -0.1) is 11.3 Å². The average Bonchev–Trinajstić information content (AvgIpc) is 3.38. The lowest BCUT2D eigenvalue weighted by atomic mass is 10.1. The number of thiophene rings is 1. The first-order valence-corrected chi connectivity index (χ1v) is 16.2. The lowest BCUT2D eigenvalue weighted by molar-refractivity contribution is 0.0956. The zero-order valence-corrected chi connectivity index (χ0v) is 27.5. The molecule has 8 nitrogen and oxygen atoms in total. The third-order valence-electron chi connectivity index (χ3n) is 7.74. The fourth-order valence-electron chi connectivity index (χ4n) is 4.85. The summed E-state index contributed by atoms with van der Waals surface area (Å²) in [6, 6.07) is 15.7. The molecule has 0 atom stereocenters. The van der Waals surface area contributed by atoms with Crippen LogP contribution in [0.15, 0.2) is 59.0 Å². The number of likely N-dealkylation sites (N-methyl/N-ethyl adjacent to an activating group) is 2. The molecule has 3 rings (SSSR count). The predicted molar refractivity (Wildman–Crippen MR) is 181 cm³/mol. The van der Waals surface area contributed by atoms with Crippen LogP contribution in [0.3, 0.4) is 0 Å². The van der Waals surface area contributed by atoms with Gasteiger partial charge >= 0.3 is 0 Å². The fourth-order valence-corrected chi connectivity index (χ4v) is 5.79. The van der Waals surface area contributed by atoms with Crippen LogP contribution in [-0.2, 0) is 6.54 Å². The van der Waals surface area contributed by atoms with Crippen LogP contribution in [0, 0.1) is 13.8 Å². The number of benzene rings is 2. The van der Waals surface area contributed by atoms with Gasteiger partial charge in [-0.1, -0.05) is 69.7 Å². The van der Waals surface area contributed by atoms with Gasteiger partial charge in [-0.25, -0.2) is 5.43 Å². The molecular weight excluding hydrogens is 556 g/mol. The Balaban J connectivity index is 1.68. The van der Waals surface area contributed by atoms with Gasteiger partial charge in [0.05, 0.1) is 11.8 Å². The van der Waals surface area contributed by atoms with Gasteiger partial charge in [0.1, 0.15) is 5.00 Å². The molecule has 0 saturated heterocycles. The zero-order chi connectivity index (χ0) is 31.2. The van der Waals surface area contributed by atoms with E-state index in [4.69, 9.17) is 0 Å². The van der Waals surface area contributed by atoms with Crippen LogP contribution < -0.4 is 10.7 Å². The highest BCUT2D eigenvalue weighted by Crippen LogP contribution is 2.28. The van der Waals surface area contributed by atoms with Crippen molar-refractivity contribution in [1.29, 1.82) is 0 Å². The Bertz CT molecular complexity index is 1310. The van der Waals surface area contributed by atoms with Gasteiger partial charge < -0.3 is 15.1 Å². The van der Waals surface area contributed by atoms with Crippen molar-refractivity contribution >= 4 is 34.4 Å². The van der Waals surface area contributed by atoms with E-state index in [0.717, 1.165) is 81.2 Å². The van der Waals surface area contributed by atoms with Crippen molar-refractivity contribution in [3.8, 4) is 0 Å². The van der Waals surface area contributed by atoms with Gasteiger partial charge in [0.2, 0.25) is 0 Å². The van der Waals surface area contributed by atoms with Gasteiger partial charge in [0, 0.05) is 38.3 Å². The molecule has 2 N–H and O–H groups in total. The molecular formula is C34H48N6O2S. The van der Waals surface area contributed by atoms with Crippen LogP contribution in [-0.4, -0.2) is 85.1 Å². The normalized spacial score (nSPS) is 11.7. The van der Waals surface area contributed by atoms with E-state index in [2.05, 4.69) is 64.3 Å². The Morgan fingerprint density at radius 1 is 0.814 bits per heavy atom. The van der Waals surface area contributed by atoms with E-state index in [1.165, 1.54) is 11.3 Å². The molecule has 2 amide bonds. The molecule has 0 saturated carbocycles. The smallest absolute Gasteiger partial charge is 0.274 e. The van der Waals surface area contributed by atoms with Crippen molar-refractivity contribution in [2.75, 3.05) is 57.7 Å². The zero-order valence-electron chi connectivity index (χ0n) is 26.7. The van der Waals surface area contributed by atoms with Crippen LogP contribution in [0.2, 0.25) is 0 Å². The van der Waals surface area contributed by atoms with Gasteiger partial charge in [-0.2, -0.15) is 5.10 Å². The lowest BCUT2D eigenvalue weighted by Crippen LogP contribution is -2.39. The molecule has 2 aromatic carbocycles. The standard InChI is InChI=1S/C34H48N6O2S/c1-7-38(8-2)18-20-40(21-19-39(9-3)10-4)24-29-12-11-13-30(22-29)32(41)36-34-31(27(6)25-43-34)33(42)37-35-23-28-16-14-26(5)15-17-28/h11-17,22-23,25H,7-10,18-21,24H2,1-6H3,(H,36,41)(H,37,42)/b35-23+. The number of hydrogen-bond donors (Lipinski definition) is 2. The van der Waals surface area contributed by atoms with Gasteiger partial charge in [-0.05, 0) is 74.2 Å². The number of anilines is 1. The Hall–Kier alpha value is -3.37. The highest BCUT2D eigenvalue weighted by Gasteiger charge is 2.19. The highest BCUT2D eigenvalue weighted by atomic mass is 32.1. The number of nitrogens with zero attached hydrogens (tertiary/aromatic N) is 4. The Kier molecular flexibility index (Phi) is 14.0. The van der Waals surface area contributed by atoms with E-state index in [-0.39, 0.29) is 11.8 Å². The van der Waals surface area contributed by atoms with E-state index < -0.39 is 0 Å². The monoisotopic (exact) mass is 604 g/mol. The molecule has 3 aromatic rings. The summed E-state index contributed by atoms with van der Waals surface area (Å²) >= 11 is 1.34. The van der Waals surface area contributed by atoms with Crippen molar-refractivity contribution in [2.24, 2.45) is 5.10 Å². The third kappa shape index (κ3) is 10.7. The quantitative estimate of drug-likeness (QED) is 0.149. The maximum Gasteiger partial charge on any atom is 0.274 e. The molecule has 0 radical (unpaired) electrons. The van der Waals surface area contributed by atoms with Crippen molar-refractivity contribution in [3.63, 3.8) is 0 Å². The van der Waals surface area contributed by atoms with Crippen LogP contribution in [0.1, 0.15) is 70.7 Å². The maximum absolute atomic E-state index is 13.4. The summed E-state index contributed by atoms with van der Waals surface area (Å²) in [5.41, 5.74) is 7.53. The van der Waals surface area contributed by atoms with Crippen molar-refractivity contribution in [3.05, 3.63) is 87.3 Å². The van der Waals surface area contributed by atoms with Gasteiger partial charge in [0.25, 0.3) is 11.8 Å². The minimum absolute atomic E-state index is 0.237. The van der Waals surface area contributed by atoms with Crippen LogP contribution >= 0.6 is 11.3 Å². The van der Waals surface area contributed by atoms with E-state index in [0.29, 0.717) is 16.1 Å². The molecule has 43 heavy (non-hydrogen) atoms. The highest BCUT2D eigenvalue weighted by molar-refractivity contribution is 7.15. The molecule has 0 fully saturated rings. The first kappa shape index (κ1) is 34.1. The summed E-state index contributed by atoms with van der Waals surface area (Å²) in [7, 11) is 0. The molecule has 0 bridgehead atoms. The Morgan fingerprint density at radius 3 is 2.02 bits per heavy atom. The topological polar surface area (TPSA) is 80.3 Å². The summed E-state index contributed by atoms with van der Waals surface area (Å²) in [5, 5.41) is 9.47. The molecule has 0 aliphatic heterocycles. The van der Waals surface area contributed by atoms with Gasteiger partial charge in [-0.3, -0.25) is 14.5 Å². The summed E-state index contributed by atoms with van der Waals surface area (Å²) in [4.78, 5) is 33.7. The predicted octanol–water partition coefficient (Wildman–Crippen LogP) is 5.87. The number of rotatable bonds is 17. The number of carbonyl (C=O) groups is 2. The van der Waals surface area contributed by atoms with E-state index in [1.54, 1.807) is 6.21 Å². The first-order chi connectivity index (χ1) is 20.8. The molecule has 9 heteroatoms. The number of nitrogens with one attached hydrogen (secondary N) is 2. The minimum Gasteiger partial charge on any atom is -0.313 e. The molecule has 1 aromatic heterocycles. The second-order valence-corrected chi connectivity index (χ2v) is 11.6. The largest absolute Gasteiger partial charge is 0.313 e. The molecule has 1 heterocycles. The SMILES string of the molecule is CCN(CC)CCN(CCN(CC)CC)Cc1cccc(C(=O)Nc2scc(C)c2C(=O)N/N=C/c2ccc(C)cc2)c1. The van der Waals surface area contributed by atoms with Crippen LogP contribution in [0.5, 0.6) is 0 Å². The van der Waals surface area contributed by atoms with E-state index in [9.17, 15) is 9.59 Å². The fraction of sp³-hybridized carbons (Fsp3) is 0.441. The minimum atomic E-state index is -0.358.